The molecule has 2 saturated heterocycles. The second kappa shape index (κ2) is 9.83. The average Bonchev–Trinajstić information content (AvgIpc) is 3.20. The van der Waals surface area contributed by atoms with Crippen LogP contribution in [-0.2, 0) is 26.0 Å². The van der Waals surface area contributed by atoms with E-state index < -0.39 is 15.9 Å². The minimum Gasteiger partial charge on any atom is -0.342 e. The molecule has 2 heterocycles. The first-order chi connectivity index (χ1) is 15.4. The van der Waals surface area contributed by atoms with Gasteiger partial charge in [0.2, 0.25) is 21.8 Å². The van der Waals surface area contributed by atoms with E-state index in [9.17, 15) is 18.0 Å². The van der Waals surface area contributed by atoms with E-state index >= 15 is 0 Å². The smallest absolute Gasteiger partial charge is 0.243 e. The van der Waals surface area contributed by atoms with Crippen LogP contribution in [0.1, 0.15) is 31.2 Å². The maximum atomic E-state index is 12.8. The summed E-state index contributed by atoms with van der Waals surface area (Å²) in [5, 5.41) is 2.83. The molecule has 0 unspecified atom stereocenters. The van der Waals surface area contributed by atoms with Gasteiger partial charge in [-0.15, -0.1) is 0 Å². The highest BCUT2D eigenvalue weighted by Gasteiger charge is 2.34. The predicted octanol–water partition coefficient (Wildman–Crippen LogP) is 2.89. The third-order valence-electron chi connectivity index (χ3n) is 6.17. The van der Waals surface area contributed by atoms with Crippen LogP contribution in [0.25, 0.3) is 0 Å². The SMILES string of the molecule is O=C(Nc1ccc(S(=O)(=O)N2CCCCC2)cc1)[C@H]1CC(=O)N(CCc2ccccc2)C1. The minimum absolute atomic E-state index is 0.0101. The highest BCUT2D eigenvalue weighted by atomic mass is 32.2. The summed E-state index contributed by atoms with van der Waals surface area (Å²) in [4.78, 5) is 27.0. The lowest BCUT2D eigenvalue weighted by Crippen LogP contribution is -2.35. The Morgan fingerprint density at radius 1 is 0.969 bits per heavy atom. The van der Waals surface area contributed by atoms with Crippen molar-refractivity contribution >= 4 is 27.5 Å². The Labute approximate surface area is 189 Å². The van der Waals surface area contributed by atoms with Gasteiger partial charge in [-0.05, 0) is 49.1 Å². The molecule has 2 amide bonds. The maximum Gasteiger partial charge on any atom is 0.243 e. The third-order valence-corrected chi connectivity index (χ3v) is 8.09. The van der Waals surface area contributed by atoms with Crippen LogP contribution in [0.4, 0.5) is 5.69 Å². The number of amides is 2. The van der Waals surface area contributed by atoms with Crippen molar-refractivity contribution in [2.24, 2.45) is 5.92 Å². The molecule has 4 rings (SSSR count). The van der Waals surface area contributed by atoms with Crippen molar-refractivity contribution in [1.29, 1.82) is 0 Å². The number of anilines is 1. The fourth-order valence-electron chi connectivity index (χ4n) is 4.28. The van der Waals surface area contributed by atoms with Crippen LogP contribution in [-0.4, -0.2) is 55.6 Å². The monoisotopic (exact) mass is 455 g/mol. The topological polar surface area (TPSA) is 86.8 Å². The zero-order chi connectivity index (χ0) is 22.6. The molecule has 2 aromatic rings. The third kappa shape index (κ3) is 5.19. The van der Waals surface area contributed by atoms with Crippen molar-refractivity contribution in [2.75, 3.05) is 31.5 Å². The maximum absolute atomic E-state index is 12.8. The number of likely N-dealkylation sites (tertiary alicyclic amines) is 1. The van der Waals surface area contributed by atoms with Crippen molar-refractivity contribution < 1.29 is 18.0 Å². The molecule has 0 aliphatic carbocycles. The van der Waals surface area contributed by atoms with Crippen LogP contribution in [0.15, 0.2) is 59.5 Å². The van der Waals surface area contributed by atoms with E-state index in [0.29, 0.717) is 31.9 Å². The van der Waals surface area contributed by atoms with Gasteiger partial charge in [0.05, 0.1) is 10.8 Å². The summed E-state index contributed by atoms with van der Waals surface area (Å²) in [6, 6.07) is 16.2. The Hall–Kier alpha value is -2.71. The molecule has 7 nitrogen and oxygen atoms in total. The molecule has 2 aromatic carbocycles. The Bertz CT molecular complexity index is 1050. The largest absolute Gasteiger partial charge is 0.342 e. The van der Waals surface area contributed by atoms with E-state index in [-0.39, 0.29) is 23.1 Å². The second-order valence-electron chi connectivity index (χ2n) is 8.45. The predicted molar refractivity (Wildman–Crippen MR) is 123 cm³/mol. The number of piperidine rings is 1. The van der Waals surface area contributed by atoms with Gasteiger partial charge in [0.25, 0.3) is 0 Å². The van der Waals surface area contributed by atoms with Crippen LogP contribution >= 0.6 is 0 Å². The van der Waals surface area contributed by atoms with Gasteiger partial charge in [-0.25, -0.2) is 8.42 Å². The summed E-state index contributed by atoms with van der Waals surface area (Å²) in [6.07, 6.45) is 3.78. The number of nitrogens with one attached hydrogen (secondary N) is 1. The van der Waals surface area contributed by atoms with Gasteiger partial charge in [-0.2, -0.15) is 4.31 Å². The fraction of sp³-hybridized carbons (Fsp3) is 0.417. The molecule has 0 bridgehead atoms. The lowest BCUT2D eigenvalue weighted by atomic mass is 10.1. The second-order valence-corrected chi connectivity index (χ2v) is 10.4. The highest BCUT2D eigenvalue weighted by molar-refractivity contribution is 7.89. The van der Waals surface area contributed by atoms with Gasteiger partial charge >= 0.3 is 0 Å². The summed E-state index contributed by atoms with van der Waals surface area (Å²) < 4.78 is 27.0. The van der Waals surface area contributed by atoms with E-state index in [1.54, 1.807) is 17.0 Å². The van der Waals surface area contributed by atoms with Crippen LogP contribution in [0.3, 0.4) is 0 Å². The first-order valence-electron chi connectivity index (χ1n) is 11.2. The molecule has 8 heteroatoms. The van der Waals surface area contributed by atoms with Crippen molar-refractivity contribution in [2.45, 2.75) is 37.0 Å². The van der Waals surface area contributed by atoms with Gasteiger partial charge < -0.3 is 10.2 Å². The molecule has 0 aromatic heterocycles. The Balaban J connectivity index is 1.32. The summed E-state index contributed by atoms with van der Waals surface area (Å²) >= 11 is 0. The molecule has 2 aliphatic heterocycles. The molecule has 0 radical (unpaired) electrons. The molecular formula is C24H29N3O4S. The summed E-state index contributed by atoms with van der Waals surface area (Å²) in [5.74, 6) is -0.633. The van der Waals surface area contributed by atoms with Crippen molar-refractivity contribution in [3.8, 4) is 0 Å². The number of sulfonamides is 1. The first kappa shape index (κ1) is 22.5. The lowest BCUT2D eigenvalue weighted by Gasteiger charge is -2.25. The molecule has 2 fully saturated rings. The van der Waals surface area contributed by atoms with Crippen LogP contribution in [0.2, 0.25) is 0 Å². The van der Waals surface area contributed by atoms with E-state index in [2.05, 4.69) is 5.32 Å². The Kier molecular flexibility index (Phi) is 6.91. The zero-order valence-electron chi connectivity index (χ0n) is 18.1. The molecule has 1 N–H and O–H groups in total. The lowest BCUT2D eigenvalue weighted by molar-refractivity contribution is -0.128. The van der Waals surface area contributed by atoms with E-state index in [1.807, 2.05) is 30.3 Å². The number of nitrogens with zero attached hydrogens (tertiary/aromatic N) is 2. The van der Waals surface area contributed by atoms with Crippen LogP contribution in [0, 0.1) is 5.92 Å². The minimum atomic E-state index is -3.50. The normalized spacial score (nSPS) is 19.8. The van der Waals surface area contributed by atoms with Gasteiger partial charge in [-0.3, -0.25) is 9.59 Å². The number of carbonyl (C=O) groups excluding carboxylic acids is 2. The molecular weight excluding hydrogens is 426 g/mol. The number of hydrogen-bond donors (Lipinski definition) is 1. The molecule has 0 saturated carbocycles. The number of benzene rings is 2. The number of rotatable bonds is 7. The van der Waals surface area contributed by atoms with E-state index in [4.69, 9.17) is 0 Å². The quantitative estimate of drug-likeness (QED) is 0.696. The fourth-order valence-corrected chi connectivity index (χ4v) is 5.80. The zero-order valence-corrected chi connectivity index (χ0v) is 18.9. The summed E-state index contributed by atoms with van der Waals surface area (Å²) in [5.41, 5.74) is 1.69. The average molecular weight is 456 g/mol. The Morgan fingerprint density at radius 3 is 2.34 bits per heavy atom. The summed E-state index contributed by atoms with van der Waals surface area (Å²) in [6.45, 7) is 2.10. The van der Waals surface area contributed by atoms with Crippen LogP contribution < -0.4 is 5.32 Å². The number of hydrogen-bond acceptors (Lipinski definition) is 4. The van der Waals surface area contributed by atoms with Gasteiger partial charge in [0.1, 0.15) is 0 Å². The number of carbonyl (C=O) groups is 2. The molecule has 32 heavy (non-hydrogen) atoms. The van der Waals surface area contributed by atoms with Crippen molar-refractivity contribution in [3.63, 3.8) is 0 Å². The van der Waals surface area contributed by atoms with Crippen molar-refractivity contribution in [1.82, 2.24) is 9.21 Å². The van der Waals surface area contributed by atoms with Crippen LogP contribution in [0.5, 0.6) is 0 Å². The van der Waals surface area contributed by atoms with E-state index in [0.717, 1.165) is 31.2 Å². The van der Waals surface area contributed by atoms with Gasteiger partial charge in [0, 0.05) is 38.3 Å². The molecule has 2 aliphatic rings. The summed E-state index contributed by atoms with van der Waals surface area (Å²) in [7, 11) is -3.50. The first-order valence-corrected chi connectivity index (χ1v) is 12.6. The molecule has 1 atom stereocenters. The van der Waals surface area contributed by atoms with E-state index in [1.165, 1.54) is 16.4 Å². The Morgan fingerprint density at radius 2 is 1.66 bits per heavy atom. The van der Waals surface area contributed by atoms with Crippen molar-refractivity contribution in [3.05, 3.63) is 60.2 Å². The molecule has 170 valence electrons. The van der Waals surface area contributed by atoms with Gasteiger partial charge in [-0.1, -0.05) is 36.8 Å². The standard InChI is InChI=1S/C24H29N3O4S/c28-23-17-20(18-26(23)16-13-19-7-3-1-4-8-19)24(29)25-21-9-11-22(12-10-21)32(30,31)27-14-5-2-6-15-27/h1,3-4,7-12,20H,2,5-6,13-18H2,(H,25,29)/t20-/m0/s1. The highest BCUT2D eigenvalue weighted by Crippen LogP contribution is 2.24. The van der Waals surface area contributed by atoms with Gasteiger partial charge in [0.15, 0.2) is 0 Å². The molecule has 0 spiro atoms.